The van der Waals surface area contributed by atoms with E-state index in [0.29, 0.717) is 0 Å². The number of halogens is 1. The molecule has 2 nitrogen and oxygen atoms in total. The molecule has 106 valence electrons. The Balaban J connectivity index is 1.82. The Bertz CT molecular complexity index is 407. The Labute approximate surface area is 125 Å². The van der Waals surface area contributed by atoms with E-state index in [2.05, 4.69) is 52.9 Å². The fraction of sp³-hybridized carbons (Fsp3) is 0.625. The van der Waals surface area contributed by atoms with Crippen LogP contribution in [0.15, 0.2) is 28.7 Å². The maximum atomic E-state index is 6.30. The SMILES string of the molecule is CC1CCN(CCC(N)c2cccc(Br)c2)CC1C. The van der Waals surface area contributed by atoms with Crippen LogP contribution >= 0.6 is 15.9 Å². The van der Waals surface area contributed by atoms with Crippen molar-refractivity contribution in [2.45, 2.75) is 32.7 Å². The van der Waals surface area contributed by atoms with Crippen molar-refractivity contribution in [2.75, 3.05) is 19.6 Å². The molecule has 0 aromatic heterocycles. The second-order valence-corrected chi connectivity index (χ2v) is 6.91. The van der Waals surface area contributed by atoms with E-state index >= 15 is 0 Å². The minimum atomic E-state index is 0.146. The van der Waals surface area contributed by atoms with Gasteiger partial charge in [0.25, 0.3) is 0 Å². The minimum Gasteiger partial charge on any atom is -0.324 e. The molecule has 1 aromatic carbocycles. The van der Waals surface area contributed by atoms with Crippen LogP contribution < -0.4 is 5.73 Å². The third-order valence-electron chi connectivity index (χ3n) is 4.45. The molecule has 19 heavy (non-hydrogen) atoms. The fourth-order valence-corrected chi connectivity index (χ4v) is 3.19. The van der Waals surface area contributed by atoms with Gasteiger partial charge < -0.3 is 10.6 Å². The molecule has 3 heteroatoms. The number of nitrogens with two attached hydrogens (primary N) is 1. The molecule has 1 aliphatic heterocycles. The first kappa shape index (κ1) is 15.0. The van der Waals surface area contributed by atoms with Crippen molar-refractivity contribution in [3.8, 4) is 0 Å². The summed E-state index contributed by atoms with van der Waals surface area (Å²) < 4.78 is 1.11. The van der Waals surface area contributed by atoms with Crippen LogP contribution in [0.3, 0.4) is 0 Å². The molecule has 1 saturated heterocycles. The smallest absolute Gasteiger partial charge is 0.0307 e. The Morgan fingerprint density at radius 1 is 1.37 bits per heavy atom. The van der Waals surface area contributed by atoms with E-state index < -0.39 is 0 Å². The van der Waals surface area contributed by atoms with Gasteiger partial charge in [0.05, 0.1) is 0 Å². The lowest BCUT2D eigenvalue weighted by Gasteiger charge is -2.35. The van der Waals surface area contributed by atoms with Crippen LogP contribution in [0, 0.1) is 11.8 Å². The standard InChI is InChI=1S/C16H25BrN2/c1-12-6-8-19(11-13(12)2)9-7-16(18)14-4-3-5-15(17)10-14/h3-5,10,12-13,16H,6-9,11,18H2,1-2H3. The third-order valence-corrected chi connectivity index (χ3v) is 4.94. The van der Waals surface area contributed by atoms with E-state index in [1.165, 1.54) is 25.1 Å². The van der Waals surface area contributed by atoms with E-state index in [1.54, 1.807) is 0 Å². The van der Waals surface area contributed by atoms with Crippen molar-refractivity contribution in [1.82, 2.24) is 4.90 Å². The quantitative estimate of drug-likeness (QED) is 0.912. The largest absolute Gasteiger partial charge is 0.324 e. The molecule has 0 aliphatic carbocycles. The number of hydrogen-bond donors (Lipinski definition) is 1. The Morgan fingerprint density at radius 2 is 2.16 bits per heavy atom. The van der Waals surface area contributed by atoms with Crippen molar-refractivity contribution in [3.63, 3.8) is 0 Å². The lowest BCUT2D eigenvalue weighted by atomic mass is 9.88. The van der Waals surface area contributed by atoms with Crippen LogP contribution in [0.2, 0.25) is 0 Å². The van der Waals surface area contributed by atoms with Crippen LogP contribution in [-0.2, 0) is 0 Å². The Kier molecular flexibility index (Phi) is 5.43. The van der Waals surface area contributed by atoms with E-state index in [1.807, 2.05) is 6.07 Å². The third kappa shape index (κ3) is 4.30. The van der Waals surface area contributed by atoms with Gasteiger partial charge in [0.1, 0.15) is 0 Å². The summed E-state index contributed by atoms with van der Waals surface area (Å²) >= 11 is 3.51. The maximum Gasteiger partial charge on any atom is 0.0307 e. The Hall–Kier alpha value is -0.380. The number of hydrogen-bond acceptors (Lipinski definition) is 2. The molecule has 1 aliphatic rings. The van der Waals surface area contributed by atoms with Crippen LogP contribution in [0.1, 0.15) is 38.3 Å². The normalized spacial score (nSPS) is 26.3. The molecule has 1 aromatic rings. The van der Waals surface area contributed by atoms with E-state index in [4.69, 9.17) is 5.73 Å². The second kappa shape index (κ2) is 6.87. The summed E-state index contributed by atoms with van der Waals surface area (Å²) in [5, 5.41) is 0. The zero-order chi connectivity index (χ0) is 13.8. The minimum absolute atomic E-state index is 0.146. The first-order chi connectivity index (χ1) is 9.06. The highest BCUT2D eigenvalue weighted by molar-refractivity contribution is 9.10. The number of piperidine rings is 1. The van der Waals surface area contributed by atoms with Gasteiger partial charge in [-0.25, -0.2) is 0 Å². The molecule has 0 amide bonds. The van der Waals surface area contributed by atoms with Gasteiger partial charge in [0, 0.05) is 17.1 Å². The Morgan fingerprint density at radius 3 is 2.84 bits per heavy atom. The molecule has 1 heterocycles. The summed E-state index contributed by atoms with van der Waals surface area (Å²) in [6, 6.07) is 8.50. The van der Waals surface area contributed by atoms with Crippen LogP contribution in [-0.4, -0.2) is 24.5 Å². The molecule has 3 atom stereocenters. The predicted octanol–water partition coefficient (Wildman–Crippen LogP) is 3.82. The lowest BCUT2D eigenvalue weighted by Crippen LogP contribution is -2.39. The van der Waals surface area contributed by atoms with Crippen molar-refractivity contribution >= 4 is 15.9 Å². The average molecular weight is 325 g/mol. The molecule has 2 rings (SSSR count). The molecule has 2 N–H and O–H groups in total. The van der Waals surface area contributed by atoms with Crippen molar-refractivity contribution in [1.29, 1.82) is 0 Å². The maximum absolute atomic E-state index is 6.30. The first-order valence-corrected chi connectivity index (χ1v) is 8.09. The summed E-state index contributed by atoms with van der Waals surface area (Å²) in [7, 11) is 0. The highest BCUT2D eigenvalue weighted by Crippen LogP contribution is 2.24. The summed E-state index contributed by atoms with van der Waals surface area (Å²) in [6.07, 6.45) is 2.37. The van der Waals surface area contributed by atoms with Gasteiger partial charge in [0.15, 0.2) is 0 Å². The second-order valence-electron chi connectivity index (χ2n) is 5.99. The van der Waals surface area contributed by atoms with E-state index in [9.17, 15) is 0 Å². The molecule has 0 saturated carbocycles. The van der Waals surface area contributed by atoms with Gasteiger partial charge in [0.2, 0.25) is 0 Å². The van der Waals surface area contributed by atoms with Gasteiger partial charge in [-0.3, -0.25) is 0 Å². The molecule has 0 spiro atoms. The summed E-state index contributed by atoms with van der Waals surface area (Å²) in [4.78, 5) is 2.57. The van der Waals surface area contributed by atoms with Gasteiger partial charge in [-0.05, 0) is 55.5 Å². The summed E-state index contributed by atoms with van der Waals surface area (Å²) in [5.41, 5.74) is 7.52. The number of rotatable bonds is 4. The lowest BCUT2D eigenvalue weighted by molar-refractivity contribution is 0.135. The van der Waals surface area contributed by atoms with Crippen LogP contribution in [0.5, 0.6) is 0 Å². The van der Waals surface area contributed by atoms with Crippen molar-refractivity contribution in [2.24, 2.45) is 17.6 Å². The molecular formula is C16H25BrN2. The topological polar surface area (TPSA) is 29.3 Å². The van der Waals surface area contributed by atoms with E-state index in [-0.39, 0.29) is 6.04 Å². The number of nitrogens with zero attached hydrogens (tertiary/aromatic N) is 1. The average Bonchev–Trinajstić information content (AvgIpc) is 2.40. The number of benzene rings is 1. The van der Waals surface area contributed by atoms with Gasteiger partial charge >= 0.3 is 0 Å². The van der Waals surface area contributed by atoms with Crippen molar-refractivity contribution in [3.05, 3.63) is 34.3 Å². The highest BCUT2D eigenvalue weighted by Gasteiger charge is 2.22. The monoisotopic (exact) mass is 324 g/mol. The highest BCUT2D eigenvalue weighted by atomic mass is 79.9. The molecular weight excluding hydrogens is 300 g/mol. The van der Waals surface area contributed by atoms with Gasteiger partial charge in [-0.2, -0.15) is 0 Å². The molecule has 1 fully saturated rings. The van der Waals surface area contributed by atoms with Gasteiger partial charge in [-0.15, -0.1) is 0 Å². The van der Waals surface area contributed by atoms with E-state index in [0.717, 1.165) is 29.3 Å². The van der Waals surface area contributed by atoms with Crippen molar-refractivity contribution < 1.29 is 0 Å². The van der Waals surface area contributed by atoms with Crippen LogP contribution in [0.4, 0.5) is 0 Å². The first-order valence-electron chi connectivity index (χ1n) is 7.29. The predicted molar refractivity (Wildman–Crippen MR) is 85.1 cm³/mol. The zero-order valence-corrected chi connectivity index (χ0v) is 13.6. The molecule has 0 bridgehead atoms. The number of likely N-dealkylation sites (tertiary alicyclic amines) is 1. The fourth-order valence-electron chi connectivity index (χ4n) is 2.78. The van der Waals surface area contributed by atoms with Gasteiger partial charge in [-0.1, -0.05) is 41.9 Å². The zero-order valence-electron chi connectivity index (χ0n) is 12.0. The summed E-state index contributed by atoms with van der Waals surface area (Å²) in [6.45, 7) is 8.31. The molecule has 3 unspecified atom stereocenters. The summed E-state index contributed by atoms with van der Waals surface area (Å²) in [5.74, 6) is 1.69. The van der Waals surface area contributed by atoms with Crippen LogP contribution in [0.25, 0.3) is 0 Å². The molecule has 0 radical (unpaired) electrons.